The Morgan fingerprint density at radius 2 is 0.895 bits per heavy atom. The summed E-state index contributed by atoms with van der Waals surface area (Å²) in [7, 11) is -1.43. The molecule has 0 aliphatic carbocycles. The average molecular weight is 564 g/mol. The van der Waals surface area contributed by atoms with E-state index in [4.69, 9.17) is 58.0 Å². The van der Waals surface area contributed by atoms with Gasteiger partial charge in [0.15, 0.2) is 0 Å². The molecule has 1 radical (unpaired) electrons. The Labute approximate surface area is 156 Å². The van der Waals surface area contributed by atoms with Crippen LogP contribution in [0.15, 0.2) is 0 Å². The van der Waals surface area contributed by atoms with Crippen LogP contribution in [0.1, 0.15) is 20.8 Å². The first-order valence-electron chi connectivity index (χ1n) is 5.74. The van der Waals surface area contributed by atoms with Gasteiger partial charge in [-0.2, -0.15) is 0 Å². The van der Waals surface area contributed by atoms with E-state index in [1.54, 1.807) is 0 Å². The zero-order chi connectivity index (χ0) is 14.1. The Hall–Kier alpha value is 1.84. The van der Waals surface area contributed by atoms with Gasteiger partial charge in [0.1, 0.15) is 15.3 Å². The molecule has 0 heterocycles. The van der Waals surface area contributed by atoms with E-state index in [1.165, 1.54) is 0 Å². The third kappa shape index (κ3) is 3.79. The third-order valence-electron chi connectivity index (χ3n) is 3.48. The molecule has 0 amide bonds. The second-order valence-electron chi connectivity index (χ2n) is 4.01. The maximum Gasteiger partial charge on any atom is 0.134 e. The van der Waals surface area contributed by atoms with Gasteiger partial charge in [-0.05, 0) is 20.8 Å². The summed E-state index contributed by atoms with van der Waals surface area (Å²) in [5, 5.41) is 2.71. The molecule has 0 bridgehead atoms. The first-order valence-corrected chi connectivity index (χ1v) is 9.97. The van der Waals surface area contributed by atoms with Gasteiger partial charge in [-0.15, -0.1) is 0 Å². The Balaban J connectivity index is 0.00000324. The predicted molar refractivity (Wildman–Crippen MR) is 89.7 cm³/mol. The number of hydrogen-bond acceptors (Lipinski definition) is 0. The topological polar surface area (TPSA) is 0 Å². The van der Waals surface area contributed by atoms with E-state index in [1.807, 2.05) is 0 Å². The van der Waals surface area contributed by atoms with Crippen molar-refractivity contribution in [3.05, 3.63) is 25.1 Å². The van der Waals surface area contributed by atoms with E-state index in [2.05, 4.69) is 20.8 Å². The van der Waals surface area contributed by atoms with Crippen molar-refractivity contribution in [1.29, 1.82) is 0 Å². The normalized spacial score (nSPS) is 11.4. The van der Waals surface area contributed by atoms with Crippen molar-refractivity contribution in [3.63, 3.8) is 0 Å². The molecule has 113 valence electrons. The summed E-state index contributed by atoms with van der Waals surface area (Å²) >= 11 is 31.0. The van der Waals surface area contributed by atoms with Crippen molar-refractivity contribution in [3.8, 4) is 0 Å². The van der Waals surface area contributed by atoms with Gasteiger partial charge in [0, 0.05) is 29.6 Å². The fraction of sp³-hybridized carbons (Fsp3) is 0.500. The maximum atomic E-state index is 6.36. The van der Waals surface area contributed by atoms with Crippen molar-refractivity contribution < 1.29 is 22.4 Å². The van der Waals surface area contributed by atoms with Crippen LogP contribution < -0.4 is 5.30 Å². The molecule has 0 aliphatic rings. The summed E-state index contributed by atoms with van der Waals surface area (Å²) in [5.74, 6) is 0. The van der Waals surface area contributed by atoms with Crippen molar-refractivity contribution in [2.75, 3.05) is 18.5 Å². The minimum absolute atomic E-state index is 0. The Morgan fingerprint density at radius 3 is 1.16 bits per heavy atom. The summed E-state index contributed by atoms with van der Waals surface area (Å²) < 4.78 is 0. The van der Waals surface area contributed by atoms with E-state index in [-0.39, 0.29) is 27.4 Å². The fourth-order valence-electron chi connectivity index (χ4n) is 2.15. The van der Waals surface area contributed by atoms with Crippen molar-refractivity contribution >= 4 is 70.6 Å². The molecule has 1 rings (SSSR count). The molecule has 0 aromatic heterocycles. The summed E-state index contributed by atoms with van der Waals surface area (Å²) in [5.41, 5.74) is 0. The summed E-state index contributed by atoms with van der Waals surface area (Å²) in [6.45, 7) is 6.47. The Morgan fingerprint density at radius 1 is 0.632 bits per heavy atom. The smallest absolute Gasteiger partial charge is 0.0810 e. The molecule has 0 saturated carbocycles. The van der Waals surface area contributed by atoms with Gasteiger partial charge < -0.3 is 0 Å². The minimum atomic E-state index is -1.43. The molecule has 0 nitrogen and oxygen atoms in total. The molecule has 1 aromatic carbocycles. The molecule has 7 heteroatoms. The van der Waals surface area contributed by atoms with Gasteiger partial charge in [-0.25, -0.2) is 0 Å². The van der Waals surface area contributed by atoms with Crippen LogP contribution in [0.3, 0.4) is 0 Å². The fourth-order valence-corrected chi connectivity index (χ4v) is 7.85. The summed E-state index contributed by atoms with van der Waals surface area (Å²) in [6.07, 6.45) is 3.06. The van der Waals surface area contributed by atoms with Crippen LogP contribution in [0.4, 0.5) is 0 Å². The minimum Gasteiger partial charge on any atom is -0.0810 e. The monoisotopic (exact) mass is 562 g/mol. The quantitative estimate of drug-likeness (QED) is 0.166. The van der Waals surface area contributed by atoms with Crippen LogP contribution in [-0.4, -0.2) is 18.5 Å². The van der Waals surface area contributed by atoms with Crippen LogP contribution in [0.25, 0.3) is 0 Å². The molecular formula is C12H15AuCl5P+. The van der Waals surface area contributed by atoms with Gasteiger partial charge in [-0.3, -0.25) is 0 Å². The second kappa shape index (κ2) is 8.47. The number of rotatable bonds is 4. The molecule has 1 aromatic rings. The van der Waals surface area contributed by atoms with Crippen LogP contribution in [-0.2, 0) is 22.4 Å². The zero-order valence-corrected chi connectivity index (χ0v) is 17.6. The first kappa shape index (κ1) is 20.8. The molecule has 19 heavy (non-hydrogen) atoms. The Kier molecular flexibility index (Phi) is 9.29. The SMILES string of the molecule is CC[P+](CC)(CC)c1c(Cl)c(Cl)c(Cl)c(Cl)c1Cl.[Au]. The molecular weight excluding hydrogens is 549 g/mol. The van der Waals surface area contributed by atoms with Crippen molar-refractivity contribution in [2.24, 2.45) is 0 Å². The zero-order valence-electron chi connectivity index (χ0n) is 10.8. The molecule has 0 fully saturated rings. The molecule has 0 spiro atoms. The van der Waals surface area contributed by atoms with Gasteiger partial charge in [0.25, 0.3) is 0 Å². The molecule has 0 unspecified atom stereocenters. The van der Waals surface area contributed by atoms with E-state index < -0.39 is 7.26 Å². The van der Waals surface area contributed by atoms with Gasteiger partial charge in [-0.1, -0.05) is 58.0 Å². The molecule has 0 N–H and O–H groups in total. The Bertz CT molecular complexity index is 423. The van der Waals surface area contributed by atoms with E-state index in [0.29, 0.717) is 20.1 Å². The van der Waals surface area contributed by atoms with Crippen LogP contribution >= 0.6 is 65.3 Å². The summed E-state index contributed by atoms with van der Waals surface area (Å²) in [6, 6.07) is 0. The van der Waals surface area contributed by atoms with Crippen molar-refractivity contribution in [1.82, 2.24) is 0 Å². The number of benzene rings is 1. The molecule has 0 atom stereocenters. The standard InChI is InChI=1S/C12H15Cl5P.Au/c1-4-18(5-2,6-3)12-10(16)8(14)7(13)9(15)11(12)17;/h4-6H2,1-3H3;/q+1;. The van der Waals surface area contributed by atoms with E-state index >= 15 is 0 Å². The van der Waals surface area contributed by atoms with E-state index in [9.17, 15) is 0 Å². The van der Waals surface area contributed by atoms with Gasteiger partial charge in [0.05, 0.1) is 33.6 Å². The molecule has 0 aliphatic heterocycles. The third-order valence-corrected chi connectivity index (χ3v) is 11.0. The van der Waals surface area contributed by atoms with Crippen LogP contribution in [0.2, 0.25) is 25.1 Å². The van der Waals surface area contributed by atoms with Gasteiger partial charge >= 0.3 is 0 Å². The average Bonchev–Trinajstić information content (AvgIpc) is 2.39. The number of hydrogen-bond donors (Lipinski definition) is 0. The van der Waals surface area contributed by atoms with E-state index in [0.717, 1.165) is 23.8 Å². The summed E-state index contributed by atoms with van der Waals surface area (Å²) in [4.78, 5) is 0. The van der Waals surface area contributed by atoms with Crippen LogP contribution in [0.5, 0.6) is 0 Å². The predicted octanol–water partition coefficient (Wildman–Crippen LogP) is 6.65. The number of halogens is 5. The molecule has 0 saturated heterocycles. The van der Waals surface area contributed by atoms with Gasteiger partial charge in [0.2, 0.25) is 0 Å². The maximum absolute atomic E-state index is 6.36. The first-order chi connectivity index (χ1) is 8.36. The van der Waals surface area contributed by atoms with Crippen LogP contribution in [0, 0.1) is 0 Å². The van der Waals surface area contributed by atoms with Crippen molar-refractivity contribution in [2.45, 2.75) is 20.8 Å². The second-order valence-corrected chi connectivity index (χ2v) is 10.5. The largest absolute Gasteiger partial charge is 0.134 e.